The number of quaternary nitrogens is 2. The molecule has 0 unspecified atom stereocenters. The number of benzene rings is 2. The highest BCUT2D eigenvalue weighted by Crippen LogP contribution is 2.32. The van der Waals surface area contributed by atoms with Crippen LogP contribution in [0.4, 0.5) is 8.78 Å². The number of ether oxygens (including phenoxy) is 2. The monoisotopic (exact) mass is 348 g/mol. The summed E-state index contributed by atoms with van der Waals surface area (Å²) in [5, 5.41) is 0. The van der Waals surface area contributed by atoms with Crippen LogP contribution < -0.4 is 19.3 Å². The smallest absolute Gasteiger partial charge is 0.231 e. The van der Waals surface area contributed by atoms with Crippen molar-refractivity contribution in [3.63, 3.8) is 0 Å². The standard InChI is InChI=1S/C19H20F2N2O2/c20-16-3-1-14(9-17(16)21)11-22-5-7-23(8-6-22)12-15-2-4-18-19(10-15)25-13-24-18/h1-4,9-10H,5-8,11-13H2/p+2. The zero-order valence-electron chi connectivity index (χ0n) is 14.0. The Balaban J connectivity index is 1.30. The van der Waals surface area contributed by atoms with Crippen LogP contribution in [0.5, 0.6) is 11.5 Å². The van der Waals surface area contributed by atoms with Crippen LogP contribution in [0.15, 0.2) is 36.4 Å². The van der Waals surface area contributed by atoms with Crippen molar-refractivity contribution in [2.24, 2.45) is 0 Å². The Morgan fingerprint density at radius 2 is 1.32 bits per heavy atom. The molecule has 2 heterocycles. The van der Waals surface area contributed by atoms with E-state index in [2.05, 4.69) is 12.1 Å². The molecule has 25 heavy (non-hydrogen) atoms. The van der Waals surface area contributed by atoms with Gasteiger partial charge in [0.05, 0.1) is 0 Å². The van der Waals surface area contributed by atoms with E-state index in [-0.39, 0.29) is 0 Å². The Labute approximate surface area is 145 Å². The summed E-state index contributed by atoms with van der Waals surface area (Å²) in [4.78, 5) is 2.95. The zero-order valence-corrected chi connectivity index (χ0v) is 14.0. The summed E-state index contributed by atoms with van der Waals surface area (Å²) < 4.78 is 37.1. The summed E-state index contributed by atoms with van der Waals surface area (Å²) in [5.41, 5.74) is 2.11. The molecular weight excluding hydrogens is 326 g/mol. The number of piperazine rings is 1. The summed E-state index contributed by atoms with van der Waals surface area (Å²) in [5.74, 6) is 0.111. The van der Waals surface area contributed by atoms with E-state index < -0.39 is 11.6 Å². The third-order valence-electron chi connectivity index (χ3n) is 4.99. The number of hydrogen-bond donors (Lipinski definition) is 2. The highest BCUT2D eigenvalue weighted by atomic mass is 19.2. The van der Waals surface area contributed by atoms with Crippen LogP contribution in [0.25, 0.3) is 0 Å². The van der Waals surface area contributed by atoms with Gasteiger partial charge in [-0.1, -0.05) is 6.07 Å². The molecule has 2 aromatic carbocycles. The van der Waals surface area contributed by atoms with Gasteiger partial charge in [-0.3, -0.25) is 0 Å². The average Bonchev–Trinajstić information content (AvgIpc) is 3.08. The normalized spacial score (nSPS) is 22.2. The fourth-order valence-corrected chi connectivity index (χ4v) is 3.59. The lowest BCUT2D eigenvalue weighted by atomic mass is 10.1. The van der Waals surface area contributed by atoms with Crippen molar-refractivity contribution >= 4 is 0 Å². The lowest BCUT2D eigenvalue weighted by Crippen LogP contribution is -3.27. The van der Waals surface area contributed by atoms with Crippen LogP contribution in [0, 0.1) is 11.6 Å². The van der Waals surface area contributed by atoms with E-state index in [0.717, 1.165) is 56.3 Å². The van der Waals surface area contributed by atoms with Crippen molar-refractivity contribution in [2.45, 2.75) is 13.1 Å². The van der Waals surface area contributed by atoms with Gasteiger partial charge in [0.1, 0.15) is 39.3 Å². The minimum Gasteiger partial charge on any atom is -0.454 e. The molecule has 6 heteroatoms. The van der Waals surface area contributed by atoms with Crippen LogP contribution >= 0.6 is 0 Å². The van der Waals surface area contributed by atoms with Gasteiger partial charge in [0.2, 0.25) is 6.79 Å². The van der Waals surface area contributed by atoms with Gasteiger partial charge < -0.3 is 19.3 Å². The largest absolute Gasteiger partial charge is 0.454 e. The van der Waals surface area contributed by atoms with Crippen LogP contribution in [0.3, 0.4) is 0 Å². The molecule has 0 amide bonds. The first-order valence-corrected chi connectivity index (χ1v) is 8.67. The van der Waals surface area contributed by atoms with Crippen molar-refractivity contribution in [1.29, 1.82) is 0 Å². The third-order valence-corrected chi connectivity index (χ3v) is 4.99. The van der Waals surface area contributed by atoms with Gasteiger partial charge in [0.25, 0.3) is 0 Å². The van der Waals surface area contributed by atoms with Crippen LogP contribution in [0.1, 0.15) is 11.1 Å². The first kappa shape index (κ1) is 16.3. The molecule has 4 nitrogen and oxygen atoms in total. The predicted molar refractivity (Wildman–Crippen MR) is 87.7 cm³/mol. The van der Waals surface area contributed by atoms with E-state index in [1.54, 1.807) is 6.07 Å². The van der Waals surface area contributed by atoms with Gasteiger partial charge in [-0.2, -0.15) is 0 Å². The maximum absolute atomic E-state index is 13.3. The molecule has 2 N–H and O–H groups in total. The van der Waals surface area contributed by atoms with Gasteiger partial charge >= 0.3 is 0 Å². The SMILES string of the molecule is Fc1ccc(C[NH+]2CC[NH+](Cc3ccc4c(c3)OCO4)CC2)cc1F. The molecular formula is C19H22F2N2O2+2. The quantitative estimate of drug-likeness (QED) is 0.825. The summed E-state index contributed by atoms with van der Waals surface area (Å²) >= 11 is 0. The van der Waals surface area contributed by atoms with Gasteiger partial charge in [-0.15, -0.1) is 0 Å². The maximum atomic E-state index is 13.3. The molecule has 0 atom stereocenters. The molecule has 0 aliphatic carbocycles. The van der Waals surface area contributed by atoms with Crippen molar-refractivity contribution in [3.05, 3.63) is 59.2 Å². The van der Waals surface area contributed by atoms with Crippen molar-refractivity contribution in [3.8, 4) is 11.5 Å². The summed E-state index contributed by atoms with van der Waals surface area (Å²) in [6, 6.07) is 10.3. The second-order valence-electron chi connectivity index (χ2n) is 6.79. The number of halogens is 2. The van der Waals surface area contributed by atoms with E-state index in [4.69, 9.17) is 9.47 Å². The Morgan fingerprint density at radius 3 is 2.00 bits per heavy atom. The van der Waals surface area contributed by atoms with Gasteiger partial charge in [0.15, 0.2) is 23.1 Å². The summed E-state index contributed by atoms with van der Waals surface area (Å²) in [7, 11) is 0. The fourth-order valence-electron chi connectivity index (χ4n) is 3.59. The number of hydrogen-bond acceptors (Lipinski definition) is 2. The highest BCUT2D eigenvalue weighted by Gasteiger charge is 2.24. The average molecular weight is 348 g/mol. The molecule has 132 valence electrons. The molecule has 1 fully saturated rings. The highest BCUT2D eigenvalue weighted by molar-refractivity contribution is 5.44. The number of fused-ring (bicyclic) bond motifs is 1. The van der Waals surface area contributed by atoms with Crippen molar-refractivity contribution in [2.75, 3.05) is 33.0 Å². The minimum absolute atomic E-state index is 0.303. The molecule has 2 aromatic rings. The first-order valence-electron chi connectivity index (χ1n) is 8.67. The van der Waals surface area contributed by atoms with E-state index >= 15 is 0 Å². The summed E-state index contributed by atoms with van der Waals surface area (Å²) in [6.07, 6.45) is 0. The zero-order chi connectivity index (χ0) is 17.2. The number of rotatable bonds is 4. The summed E-state index contributed by atoms with van der Waals surface area (Å²) in [6.45, 7) is 6.19. The second kappa shape index (κ2) is 6.98. The van der Waals surface area contributed by atoms with Crippen molar-refractivity contribution in [1.82, 2.24) is 0 Å². The van der Waals surface area contributed by atoms with E-state index in [0.29, 0.717) is 6.79 Å². The maximum Gasteiger partial charge on any atom is 0.231 e. The van der Waals surface area contributed by atoms with Crippen LogP contribution in [-0.4, -0.2) is 33.0 Å². The van der Waals surface area contributed by atoms with E-state index in [1.165, 1.54) is 27.5 Å². The molecule has 0 aromatic heterocycles. The molecule has 4 rings (SSSR count). The fraction of sp³-hybridized carbons (Fsp3) is 0.368. The van der Waals surface area contributed by atoms with Crippen LogP contribution in [0.2, 0.25) is 0 Å². The van der Waals surface area contributed by atoms with Gasteiger partial charge in [-0.05, 0) is 30.3 Å². The van der Waals surface area contributed by atoms with Crippen LogP contribution in [-0.2, 0) is 13.1 Å². The molecule has 0 saturated carbocycles. The van der Waals surface area contributed by atoms with Gasteiger partial charge in [0, 0.05) is 11.1 Å². The molecule has 0 radical (unpaired) electrons. The Morgan fingerprint density at radius 1 is 0.720 bits per heavy atom. The lowest BCUT2D eigenvalue weighted by Gasteiger charge is -2.29. The van der Waals surface area contributed by atoms with Gasteiger partial charge in [-0.25, -0.2) is 8.78 Å². The molecule has 2 aliphatic rings. The molecule has 2 aliphatic heterocycles. The topological polar surface area (TPSA) is 27.3 Å². The predicted octanol–water partition coefficient (Wildman–Crippen LogP) is 0.177. The minimum atomic E-state index is -0.781. The van der Waals surface area contributed by atoms with E-state index in [1.807, 2.05) is 6.07 Å². The lowest BCUT2D eigenvalue weighted by molar-refractivity contribution is -1.02. The molecule has 0 bridgehead atoms. The molecule has 1 saturated heterocycles. The second-order valence-corrected chi connectivity index (χ2v) is 6.79. The van der Waals surface area contributed by atoms with Crippen molar-refractivity contribution < 1.29 is 28.1 Å². The Bertz CT molecular complexity index is 761. The Hall–Kier alpha value is -2.18. The molecule has 0 spiro atoms. The van der Waals surface area contributed by atoms with E-state index in [9.17, 15) is 8.78 Å². The Kier molecular flexibility index (Phi) is 4.55. The first-order chi connectivity index (χ1) is 12.2. The third kappa shape index (κ3) is 3.75. The number of nitrogens with one attached hydrogen (secondary N) is 2.